The minimum absolute atomic E-state index is 0.651. The third-order valence-corrected chi connectivity index (χ3v) is 3.13. The summed E-state index contributed by atoms with van der Waals surface area (Å²) in [5.74, 6) is 0.822. The van der Waals surface area contributed by atoms with Crippen molar-refractivity contribution in [3.63, 3.8) is 0 Å². The molecule has 0 spiro atoms. The molecule has 0 aromatic heterocycles. The fourth-order valence-corrected chi connectivity index (χ4v) is 1.92. The van der Waals surface area contributed by atoms with Crippen molar-refractivity contribution in [3.05, 3.63) is 0 Å². The van der Waals surface area contributed by atoms with E-state index < -0.39 is 0 Å². The fraction of sp³-hybridized carbons (Fsp3) is 1.00. The zero-order chi connectivity index (χ0) is 9.68. The van der Waals surface area contributed by atoms with E-state index in [4.69, 9.17) is 4.74 Å². The zero-order valence-corrected chi connectivity index (χ0v) is 9.18. The van der Waals surface area contributed by atoms with Crippen molar-refractivity contribution in [2.75, 3.05) is 13.2 Å². The lowest BCUT2D eigenvalue weighted by molar-refractivity contribution is 0.0546. The SMILES string of the molecule is CCC(C)NC(C)C1CCOCC1. The molecule has 1 fully saturated rings. The first-order valence-electron chi connectivity index (χ1n) is 5.57. The van der Waals surface area contributed by atoms with Crippen LogP contribution in [0.2, 0.25) is 0 Å². The van der Waals surface area contributed by atoms with Crippen LogP contribution in [0.4, 0.5) is 0 Å². The molecule has 1 aliphatic rings. The summed E-state index contributed by atoms with van der Waals surface area (Å²) in [6.07, 6.45) is 3.67. The van der Waals surface area contributed by atoms with Crippen LogP contribution in [0, 0.1) is 5.92 Å². The van der Waals surface area contributed by atoms with E-state index in [9.17, 15) is 0 Å². The van der Waals surface area contributed by atoms with Gasteiger partial charge in [-0.3, -0.25) is 0 Å². The van der Waals surface area contributed by atoms with Crippen molar-refractivity contribution in [1.82, 2.24) is 5.32 Å². The van der Waals surface area contributed by atoms with Crippen molar-refractivity contribution in [2.45, 2.75) is 52.1 Å². The van der Waals surface area contributed by atoms with Gasteiger partial charge in [-0.2, -0.15) is 0 Å². The van der Waals surface area contributed by atoms with Gasteiger partial charge >= 0.3 is 0 Å². The van der Waals surface area contributed by atoms with E-state index in [0.717, 1.165) is 19.1 Å². The van der Waals surface area contributed by atoms with Crippen LogP contribution in [0.3, 0.4) is 0 Å². The van der Waals surface area contributed by atoms with E-state index in [2.05, 4.69) is 26.1 Å². The predicted molar refractivity (Wildman–Crippen MR) is 55.9 cm³/mol. The normalized spacial score (nSPS) is 24.2. The molecular weight excluding hydrogens is 162 g/mol. The largest absolute Gasteiger partial charge is 0.381 e. The third-order valence-electron chi connectivity index (χ3n) is 3.13. The summed E-state index contributed by atoms with van der Waals surface area (Å²) in [6, 6.07) is 1.30. The summed E-state index contributed by atoms with van der Waals surface area (Å²) in [5.41, 5.74) is 0. The smallest absolute Gasteiger partial charge is 0.0469 e. The highest BCUT2D eigenvalue weighted by Gasteiger charge is 2.20. The van der Waals surface area contributed by atoms with Gasteiger partial charge in [-0.25, -0.2) is 0 Å². The summed E-state index contributed by atoms with van der Waals surface area (Å²) >= 11 is 0. The Bertz CT molecular complexity index is 132. The summed E-state index contributed by atoms with van der Waals surface area (Å²) in [5, 5.41) is 3.64. The van der Waals surface area contributed by atoms with Crippen molar-refractivity contribution < 1.29 is 4.74 Å². The molecule has 2 unspecified atom stereocenters. The van der Waals surface area contributed by atoms with Gasteiger partial charge in [-0.15, -0.1) is 0 Å². The second-order valence-corrected chi connectivity index (χ2v) is 4.21. The van der Waals surface area contributed by atoms with Gasteiger partial charge in [0.1, 0.15) is 0 Å². The van der Waals surface area contributed by atoms with Crippen LogP contribution in [0.15, 0.2) is 0 Å². The monoisotopic (exact) mass is 185 g/mol. The molecule has 1 saturated heterocycles. The van der Waals surface area contributed by atoms with Gasteiger partial charge in [-0.05, 0) is 39.0 Å². The zero-order valence-electron chi connectivity index (χ0n) is 9.18. The molecule has 1 rings (SSSR count). The van der Waals surface area contributed by atoms with Crippen LogP contribution in [-0.4, -0.2) is 25.3 Å². The number of ether oxygens (including phenoxy) is 1. The summed E-state index contributed by atoms with van der Waals surface area (Å²) in [6.45, 7) is 8.71. The number of rotatable bonds is 4. The number of hydrogen-bond donors (Lipinski definition) is 1. The Morgan fingerprint density at radius 1 is 1.31 bits per heavy atom. The minimum Gasteiger partial charge on any atom is -0.381 e. The lowest BCUT2D eigenvalue weighted by Crippen LogP contribution is -2.41. The predicted octanol–water partition coefficient (Wildman–Crippen LogP) is 2.19. The molecular formula is C11H23NO. The Kier molecular flexibility index (Phi) is 4.74. The number of nitrogens with one attached hydrogen (secondary N) is 1. The van der Waals surface area contributed by atoms with Gasteiger partial charge in [0.25, 0.3) is 0 Å². The molecule has 2 heteroatoms. The highest BCUT2D eigenvalue weighted by molar-refractivity contribution is 4.76. The van der Waals surface area contributed by atoms with Crippen LogP contribution in [0.5, 0.6) is 0 Å². The van der Waals surface area contributed by atoms with Gasteiger partial charge in [-0.1, -0.05) is 6.92 Å². The Balaban J connectivity index is 2.24. The van der Waals surface area contributed by atoms with Crippen molar-refractivity contribution in [2.24, 2.45) is 5.92 Å². The maximum atomic E-state index is 5.35. The molecule has 0 aliphatic carbocycles. The molecule has 0 bridgehead atoms. The molecule has 0 radical (unpaired) electrons. The van der Waals surface area contributed by atoms with E-state index >= 15 is 0 Å². The van der Waals surface area contributed by atoms with Crippen LogP contribution in [0.25, 0.3) is 0 Å². The minimum atomic E-state index is 0.651. The van der Waals surface area contributed by atoms with Crippen LogP contribution in [0.1, 0.15) is 40.0 Å². The van der Waals surface area contributed by atoms with Gasteiger partial charge < -0.3 is 10.1 Å². The molecule has 2 nitrogen and oxygen atoms in total. The Hall–Kier alpha value is -0.0800. The molecule has 0 aromatic rings. The molecule has 78 valence electrons. The van der Waals surface area contributed by atoms with Crippen LogP contribution < -0.4 is 5.32 Å². The second kappa shape index (κ2) is 5.61. The second-order valence-electron chi connectivity index (χ2n) is 4.21. The third kappa shape index (κ3) is 3.65. The average molecular weight is 185 g/mol. The van der Waals surface area contributed by atoms with Crippen LogP contribution >= 0.6 is 0 Å². The molecule has 13 heavy (non-hydrogen) atoms. The molecule has 1 aliphatic heterocycles. The molecule has 0 aromatic carbocycles. The first-order chi connectivity index (χ1) is 6.24. The molecule has 1 N–H and O–H groups in total. The van der Waals surface area contributed by atoms with E-state index in [1.165, 1.54) is 19.3 Å². The molecule has 1 heterocycles. The van der Waals surface area contributed by atoms with Crippen molar-refractivity contribution in [3.8, 4) is 0 Å². The summed E-state index contributed by atoms with van der Waals surface area (Å²) in [4.78, 5) is 0. The van der Waals surface area contributed by atoms with E-state index in [0.29, 0.717) is 12.1 Å². The maximum Gasteiger partial charge on any atom is 0.0469 e. The van der Waals surface area contributed by atoms with Crippen molar-refractivity contribution in [1.29, 1.82) is 0 Å². The number of hydrogen-bond acceptors (Lipinski definition) is 2. The van der Waals surface area contributed by atoms with E-state index in [1.807, 2.05) is 0 Å². The summed E-state index contributed by atoms with van der Waals surface area (Å²) < 4.78 is 5.35. The van der Waals surface area contributed by atoms with Gasteiger partial charge in [0.05, 0.1) is 0 Å². The first-order valence-corrected chi connectivity index (χ1v) is 5.57. The topological polar surface area (TPSA) is 21.3 Å². The van der Waals surface area contributed by atoms with Crippen LogP contribution in [-0.2, 0) is 4.74 Å². The first kappa shape index (κ1) is 11.0. The maximum absolute atomic E-state index is 5.35. The standard InChI is InChI=1S/C11H23NO/c1-4-9(2)12-10(3)11-5-7-13-8-6-11/h9-12H,4-8H2,1-3H3. The molecule has 0 saturated carbocycles. The van der Waals surface area contributed by atoms with Crippen molar-refractivity contribution >= 4 is 0 Å². The Morgan fingerprint density at radius 3 is 2.46 bits per heavy atom. The van der Waals surface area contributed by atoms with E-state index in [-0.39, 0.29) is 0 Å². The molecule has 2 atom stereocenters. The lowest BCUT2D eigenvalue weighted by atomic mass is 9.92. The lowest BCUT2D eigenvalue weighted by Gasteiger charge is -2.30. The molecule has 0 amide bonds. The van der Waals surface area contributed by atoms with E-state index in [1.54, 1.807) is 0 Å². The fourth-order valence-electron chi connectivity index (χ4n) is 1.92. The quantitative estimate of drug-likeness (QED) is 0.725. The highest BCUT2D eigenvalue weighted by atomic mass is 16.5. The Morgan fingerprint density at radius 2 is 1.92 bits per heavy atom. The van der Waals surface area contributed by atoms with Gasteiger partial charge in [0.15, 0.2) is 0 Å². The average Bonchev–Trinajstić information content (AvgIpc) is 2.19. The highest BCUT2D eigenvalue weighted by Crippen LogP contribution is 2.18. The van der Waals surface area contributed by atoms with Gasteiger partial charge in [0, 0.05) is 25.3 Å². The summed E-state index contributed by atoms with van der Waals surface area (Å²) in [7, 11) is 0. The van der Waals surface area contributed by atoms with Gasteiger partial charge in [0.2, 0.25) is 0 Å². The Labute approximate surface area is 82.0 Å².